The van der Waals surface area contributed by atoms with Gasteiger partial charge >= 0.3 is 0 Å². The van der Waals surface area contributed by atoms with Crippen molar-refractivity contribution in [2.24, 2.45) is 0 Å². The number of hydrogen-bond donors (Lipinski definition) is 0. The summed E-state index contributed by atoms with van der Waals surface area (Å²) in [7, 11) is 0. The number of pyridine rings is 1. The maximum Gasteiger partial charge on any atom is 0.180 e. The van der Waals surface area contributed by atoms with E-state index in [-0.39, 0.29) is 0 Å². The third-order valence-electron chi connectivity index (χ3n) is 8.20. The van der Waals surface area contributed by atoms with Crippen LogP contribution in [0.15, 0.2) is 150 Å². The summed E-state index contributed by atoms with van der Waals surface area (Å²) in [6, 6.07) is 46.0. The Morgan fingerprint density at radius 1 is 0.383 bits per heavy atom. The van der Waals surface area contributed by atoms with Gasteiger partial charge < -0.3 is 4.42 Å². The molecule has 0 aliphatic rings. The van der Waals surface area contributed by atoms with Gasteiger partial charge in [-0.15, -0.1) is 0 Å². The molecule has 4 heterocycles. The molecule has 0 unspecified atom stereocenters. The zero-order chi connectivity index (χ0) is 31.2. The first-order chi connectivity index (χ1) is 23.3. The SMILES string of the molecule is c1ccc(-c2nc(-c3ccccc3)nc(-c3cccc(-c4nc(-c5nccc6oc7ccccc7c56)nc5ccccc45)c3)n2)cc1. The summed E-state index contributed by atoms with van der Waals surface area (Å²) in [6.45, 7) is 0. The summed E-state index contributed by atoms with van der Waals surface area (Å²) < 4.78 is 6.15. The maximum absolute atomic E-state index is 6.15. The highest BCUT2D eigenvalue weighted by molar-refractivity contribution is 6.11. The van der Waals surface area contributed by atoms with Crippen LogP contribution in [0.5, 0.6) is 0 Å². The Labute approximate surface area is 269 Å². The first kappa shape index (κ1) is 26.8. The minimum absolute atomic E-state index is 0.527. The van der Waals surface area contributed by atoms with E-state index < -0.39 is 0 Å². The Morgan fingerprint density at radius 3 is 1.72 bits per heavy atom. The van der Waals surface area contributed by atoms with Crippen molar-refractivity contribution >= 4 is 32.8 Å². The van der Waals surface area contributed by atoms with Gasteiger partial charge in [-0.2, -0.15) is 0 Å². The highest BCUT2D eigenvalue weighted by Crippen LogP contribution is 2.36. The minimum atomic E-state index is 0.527. The van der Waals surface area contributed by atoms with E-state index in [4.69, 9.17) is 34.3 Å². The molecule has 7 nitrogen and oxygen atoms in total. The second kappa shape index (κ2) is 11.1. The van der Waals surface area contributed by atoms with Crippen molar-refractivity contribution in [1.29, 1.82) is 0 Å². The number of fused-ring (bicyclic) bond motifs is 4. The van der Waals surface area contributed by atoms with Crippen LogP contribution in [0.2, 0.25) is 0 Å². The molecule has 0 spiro atoms. The van der Waals surface area contributed by atoms with Crippen LogP contribution in [-0.4, -0.2) is 29.9 Å². The molecule has 0 radical (unpaired) electrons. The smallest absolute Gasteiger partial charge is 0.180 e. The quantitative estimate of drug-likeness (QED) is 0.193. The number of benzene rings is 5. The van der Waals surface area contributed by atoms with Crippen LogP contribution in [0.4, 0.5) is 0 Å². The first-order valence-electron chi connectivity index (χ1n) is 15.3. The van der Waals surface area contributed by atoms with Gasteiger partial charge in [0.15, 0.2) is 23.3 Å². The maximum atomic E-state index is 6.15. The molecular weight excluding hydrogens is 580 g/mol. The zero-order valence-corrected chi connectivity index (χ0v) is 24.9. The first-order valence-corrected chi connectivity index (χ1v) is 15.3. The molecule has 4 aromatic heterocycles. The monoisotopic (exact) mass is 604 g/mol. The summed E-state index contributed by atoms with van der Waals surface area (Å²) in [6.07, 6.45) is 1.74. The van der Waals surface area contributed by atoms with Gasteiger partial charge in [0.25, 0.3) is 0 Å². The number of para-hydroxylation sites is 2. The van der Waals surface area contributed by atoms with E-state index in [9.17, 15) is 0 Å². The second-order valence-electron chi connectivity index (χ2n) is 11.2. The molecule has 0 amide bonds. The molecule has 0 fully saturated rings. The van der Waals surface area contributed by atoms with Gasteiger partial charge in [0.05, 0.1) is 16.6 Å². The van der Waals surface area contributed by atoms with Crippen molar-refractivity contribution in [3.8, 4) is 56.9 Å². The molecule has 0 aliphatic heterocycles. The predicted molar refractivity (Wildman–Crippen MR) is 185 cm³/mol. The van der Waals surface area contributed by atoms with E-state index in [0.29, 0.717) is 29.0 Å². The lowest BCUT2D eigenvalue weighted by atomic mass is 10.0. The third kappa shape index (κ3) is 4.78. The number of aromatic nitrogens is 6. The molecule has 0 saturated heterocycles. The molecule has 0 atom stereocenters. The summed E-state index contributed by atoms with van der Waals surface area (Å²) in [5, 5.41) is 2.80. The van der Waals surface area contributed by atoms with Crippen molar-refractivity contribution in [3.05, 3.63) is 146 Å². The average molecular weight is 605 g/mol. The molecule has 7 heteroatoms. The Morgan fingerprint density at radius 2 is 0.979 bits per heavy atom. The third-order valence-corrected chi connectivity index (χ3v) is 8.20. The average Bonchev–Trinajstić information content (AvgIpc) is 3.54. The fourth-order valence-electron chi connectivity index (χ4n) is 5.99. The Bertz CT molecular complexity index is 2520. The molecule has 9 aromatic rings. The molecule has 0 bridgehead atoms. The van der Waals surface area contributed by atoms with Gasteiger partial charge in [0.1, 0.15) is 16.9 Å². The molecule has 0 aliphatic carbocycles. The van der Waals surface area contributed by atoms with Crippen LogP contribution < -0.4 is 0 Å². The lowest BCUT2D eigenvalue weighted by molar-refractivity contribution is 0.668. The van der Waals surface area contributed by atoms with E-state index in [1.807, 2.05) is 127 Å². The summed E-state index contributed by atoms with van der Waals surface area (Å²) >= 11 is 0. The predicted octanol–water partition coefficient (Wildman–Crippen LogP) is 9.44. The highest BCUT2D eigenvalue weighted by Gasteiger charge is 2.19. The van der Waals surface area contributed by atoms with E-state index in [1.54, 1.807) is 6.20 Å². The number of nitrogens with zero attached hydrogens (tertiary/aromatic N) is 6. The van der Waals surface area contributed by atoms with Gasteiger partial charge in [-0.05, 0) is 24.3 Å². The normalized spacial score (nSPS) is 11.4. The zero-order valence-electron chi connectivity index (χ0n) is 24.9. The van der Waals surface area contributed by atoms with Crippen molar-refractivity contribution < 1.29 is 4.42 Å². The molecule has 47 heavy (non-hydrogen) atoms. The van der Waals surface area contributed by atoms with E-state index >= 15 is 0 Å². The van der Waals surface area contributed by atoms with Crippen molar-refractivity contribution in [1.82, 2.24) is 29.9 Å². The molecule has 0 saturated carbocycles. The Kier molecular flexibility index (Phi) is 6.31. The fraction of sp³-hybridized carbons (Fsp3) is 0. The minimum Gasteiger partial charge on any atom is -0.456 e. The number of rotatable bonds is 5. The van der Waals surface area contributed by atoms with E-state index in [1.165, 1.54) is 0 Å². The number of hydrogen-bond acceptors (Lipinski definition) is 7. The van der Waals surface area contributed by atoms with Gasteiger partial charge in [0.2, 0.25) is 0 Å². The van der Waals surface area contributed by atoms with Crippen LogP contribution in [0.1, 0.15) is 0 Å². The topological polar surface area (TPSA) is 90.5 Å². The van der Waals surface area contributed by atoms with Crippen LogP contribution in [0.25, 0.3) is 89.8 Å². The lowest BCUT2D eigenvalue weighted by Gasteiger charge is -2.11. The van der Waals surface area contributed by atoms with Crippen molar-refractivity contribution in [2.75, 3.05) is 0 Å². The van der Waals surface area contributed by atoms with Crippen LogP contribution in [0, 0.1) is 0 Å². The van der Waals surface area contributed by atoms with Crippen LogP contribution in [-0.2, 0) is 0 Å². The lowest BCUT2D eigenvalue weighted by Crippen LogP contribution is -2.00. The van der Waals surface area contributed by atoms with Crippen molar-refractivity contribution in [2.45, 2.75) is 0 Å². The standard InChI is InChI=1S/C40H24N6O/c1-3-12-25(13-4-1)37-44-38(26-14-5-2-6-15-26)46-39(45-37)28-17-11-16-27(24-28)35-29-18-7-9-20-31(29)42-40(43-35)36-34-30-19-8-10-21-32(30)47-33(34)22-23-41-36/h1-24H. The summed E-state index contributed by atoms with van der Waals surface area (Å²) in [4.78, 5) is 29.7. The van der Waals surface area contributed by atoms with Gasteiger partial charge in [-0.25, -0.2) is 24.9 Å². The Balaban J connectivity index is 1.23. The summed E-state index contributed by atoms with van der Waals surface area (Å²) in [5.74, 6) is 2.33. The molecule has 9 rings (SSSR count). The van der Waals surface area contributed by atoms with Gasteiger partial charge in [-0.3, -0.25) is 4.98 Å². The molecule has 0 N–H and O–H groups in total. The highest BCUT2D eigenvalue weighted by atomic mass is 16.3. The molecule has 5 aromatic carbocycles. The summed E-state index contributed by atoms with van der Waals surface area (Å²) in [5.41, 5.74) is 7.44. The molecular formula is C40H24N6O. The Hall–Kier alpha value is -6.60. The van der Waals surface area contributed by atoms with Gasteiger partial charge in [-0.1, -0.05) is 115 Å². The van der Waals surface area contributed by atoms with Gasteiger partial charge in [0, 0.05) is 39.2 Å². The van der Waals surface area contributed by atoms with E-state index in [2.05, 4.69) is 12.1 Å². The second-order valence-corrected chi connectivity index (χ2v) is 11.2. The van der Waals surface area contributed by atoms with Crippen LogP contribution >= 0.6 is 0 Å². The molecule has 220 valence electrons. The van der Waals surface area contributed by atoms with Crippen LogP contribution in [0.3, 0.4) is 0 Å². The number of furan rings is 1. The van der Waals surface area contributed by atoms with E-state index in [0.717, 1.165) is 60.8 Å². The van der Waals surface area contributed by atoms with Crippen molar-refractivity contribution in [3.63, 3.8) is 0 Å². The fourth-order valence-corrected chi connectivity index (χ4v) is 5.99. The largest absolute Gasteiger partial charge is 0.456 e.